The zero-order chi connectivity index (χ0) is 69.7. The Morgan fingerprint density at radius 2 is 0.979 bits per heavy atom. The quantitative estimate of drug-likeness (QED) is 0.0394. The van der Waals surface area contributed by atoms with Gasteiger partial charge in [0.1, 0.15) is 54.3 Å². The summed E-state index contributed by atoms with van der Waals surface area (Å²) in [6, 6.07) is 18.1. The van der Waals surface area contributed by atoms with E-state index in [2.05, 4.69) is 186 Å². The number of aromatic nitrogens is 12. The fourth-order valence-electron chi connectivity index (χ4n) is 9.90. The Morgan fingerprint density at radius 1 is 0.495 bits per heavy atom. The van der Waals surface area contributed by atoms with E-state index in [4.69, 9.17) is 35.2 Å². The van der Waals surface area contributed by atoms with Crippen LogP contribution in [0.15, 0.2) is 118 Å². The van der Waals surface area contributed by atoms with Crippen LogP contribution in [0, 0.1) is 32.6 Å². The third-order valence-corrected chi connectivity index (χ3v) is 16.7. The minimum atomic E-state index is 0.241. The van der Waals surface area contributed by atoms with Gasteiger partial charge in [0.05, 0.1) is 31.9 Å². The van der Waals surface area contributed by atoms with E-state index in [1.165, 1.54) is 32.1 Å². The minimum Gasteiger partial charge on any atom is -0.481 e. The van der Waals surface area contributed by atoms with Crippen molar-refractivity contribution in [2.45, 2.75) is 158 Å². The van der Waals surface area contributed by atoms with Gasteiger partial charge in [-0.15, -0.1) is 0 Å². The molecule has 0 unspecified atom stereocenters. The number of hydrogen-bond donors (Lipinski definition) is 5. The zero-order valence-electron chi connectivity index (χ0n) is 57.4. The normalized spacial score (nSPS) is 13.2. The van der Waals surface area contributed by atoms with Crippen LogP contribution in [-0.2, 0) is 0 Å². The second-order valence-corrected chi connectivity index (χ2v) is 27.3. The average molecular weight is 1510 g/mol. The first-order chi connectivity index (χ1) is 46.5. The highest BCUT2D eigenvalue weighted by Gasteiger charge is 2.29. The van der Waals surface area contributed by atoms with E-state index in [1.807, 2.05) is 93.1 Å². The predicted molar refractivity (Wildman–Crippen MR) is 395 cm³/mol. The molecule has 22 nitrogen and oxygen atoms in total. The van der Waals surface area contributed by atoms with Crippen LogP contribution in [-0.4, -0.2) is 85.5 Å². The van der Waals surface area contributed by atoms with E-state index in [9.17, 15) is 0 Å². The van der Waals surface area contributed by atoms with Crippen molar-refractivity contribution < 1.29 is 23.7 Å². The van der Waals surface area contributed by atoms with Gasteiger partial charge in [0.25, 0.3) is 0 Å². The van der Waals surface area contributed by atoms with Crippen molar-refractivity contribution >= 4 is 89.2 Å². The summed E-state index contributed by atoms with van der Waals surface area (Å²) < 4.78 is 31.8. The van der Waals surface area contributed by atoms with Gasteiger partial charge in [-0.3, -0.25) is 0 Å². The summed E-state index contributed by atoms with van der Waals surface area (Å²) in [6.45, 7) is 25.5. The van der Waals surface area contributed by atoms with Gasteiger partial charge in [0.2, 0.25) is 11.8 Å². The number of halogens is 3. The summed E-state index contributed by atoms with van der Waals surface area (Å²) in [5.41, 5.74) is 16.7. The zero-order valence-corrected chi connectivity index (χ0v) is 62.1. The monoisotopic (exact) mass is 1510 g/mol. The van der Waals surface area contributed by atoms with Gasteiger partial charge in [-0.25, -0.2) is 54.8 Å². The van der Waals surface area contributed by atoms with E-state index in [1.54, 1.807) is 51.1 Å². The Morgan fingerprint density at radius 3 is 1.48 bits per heavy atom. The number of benzene rings is 1. The molecule has 0 saturated heterocycles. The summed E-state index contributed by atoms with van der Waals surface area (Å²) in [5.74, 6) is 12.4. The van der Waals surface area contributed by atoms with Gasteiger partial charge in [0.15, 0.2) is 46.3 Å². The van der Waals surface area contributed by atoms with E-state index >= 15 is 0 Å². The molecule has 2 aliphatic carbocycles. The summed E-state index contributed by atoms with van der Waals surface area (Å²) in [7, 11) is 1.55. The number of aryl methyl sites for hydroxylation is 3. The predicted octanol–water partition coefficient (Wildman–Crippen LogP) is 18.6. The highest BCUT2D eigenvalue weighted by Crippen LogP contribution is 2.40. The first kappa shape index (κ1) is 74.1. The number of nitrogens with zero attached hydrogens (tertiary/aromatic N) is 12. The molecule has 512 valence electrons. The molecule has 8 heterocycles. The molecule has 2 saturated carbocycles. The Balaban J connectivity index is 0.000000165. The molecule has 0 aliphatic heterocycles. The molecule has 2 aliphatic rings. The van der Waals surface area contributed by atoms with E-state index < -0.39 is 0 Å². The van der Waals surface area contributed by atoms with Gasteiger partial charge in [0, 0.05) is 89.9 Å². The first-order valence-electron chi connectivity index (χ1n) is 32.6. The second kappa shape index (κ2) is 36.1. The molecule has 0 spiro atoms. The molecule has 8 aromatic heterocycles. The molecule has 9 aromatic rings. The maximum Gasteiger partial charge on any atom is 0.222 e. The van der Waals surface area contributed by atoms with Crippen molar-refractivity contribution in [1.29, 1.82) is 0 Å². The van der Waals surface area contributed by atoms with Crippen LogP contribution >= 0.6 is 47.8 Å². The minimum absolute atomic E-state index is 0.241. The molecule has 0 amide bonds. The second-order valence-electron chi connectivity index (χ2n) is 24.9. The number of rotatable bonds is 22. The average Bonchev–Trinajstić information content (AvgIpc) is 1.41. The van der Waals surface area contributed by atoms with Gasteiger partial charge < -0.3 is 51.1 Å². The largest absolute Gasteiger partial charge is 0.481 e. The number of nitrogens with two attached hydrogens (primary N) is 2. The molecule has 1 atom stereocenters. The van der Waals surface area contributed by atoms with Crippen LogP contribution < -0.4 is 51.1 Å². The SMILES string of the molecule is CC(C)c1cnc(Br)cc1Oc1cnc(N)nc1NC1CCCCC1.COc1cc(Oc2cnc(C)nc2N)c(/C=C/c2ccccc2)cn1.Cc1ncc(Oc2cc(Br)ncc2C(C)C)c(NCC(C)C)n1.Cc1ncc(Oc2cc(Br)ncc2C(C)C)c(N[C@H](C)C2CC2)n1. The molecule has 25 heteroatoms. The van der Waals surface area contributed by atoms with Gasteiger partial charge in [-0.1, -0.05) is 111 Å². The Hall–Kier alpha value is -8.68. The van der Waals surface area contributed by atoms with Crippen molar-refractivity contribution in [3.05, 3.63) is 163 Å². The Kier molecular flexibility index (Phi) is 27.6. The van der Waals surface area contributed by atoms with Crippen molar-refractivity contribution in [1.82, 2.24) is 59.8 Å². The maximum absolute atomic E-state index is 6.18. The molecule has 7 N–H and O–H groups in total. The Labute approximate surface area is 594 Å². The fourth-order valence-corrected chi connectivity index (χ4v) is 10.8. The van der Waals surface area contributed by atoms with E-state index in [-0.39, 0.29) is 11.8 Å². The van der Waals surface area contributed by atoms with Crippen molar-refractivity contribution in [3.8, 4) is 51.9 Å². The third-order valence-electron chi connectivity index (χ3n) is 15.4. The van der Waals surface area contributed by atoms with Crippen LogP contribution in [0.3, 0.4) is 0 Å². The van der Waals surface area contributed by atoms with Crippen LogP contribution in [0.25, 0.3) is 12.2 Å². The summed E-state index contributed by atoms with van der Waals surface area (Å²) in [4.78, 5) is 51.4. The number of anilines is 5. The molecule has 0 radical (unpaired) electrons. The molecule has 1 aromatic carbocycles. The van der Waals surface area contributed by atoms with Crippen molar-refractivity contribution in [2.75, 3.05) is 41.1 Å². The fraction of sp³-hybridized carbons (Fsp3) is 0.389. The number of ether oxygens (including phenoxy) is 5. The van der Waals surface area contributed by atoms with Gasteiger partial charge in [-0.05, 0) is 142 Å². The van der Waals surface area contributed by atoms with Crippen LogP contribution in [0.1, 0.15) is 170 Å². The van der Waals surface area contributed by atoms with E-state index in [0.29, 0.717) is 93.7 Å². The lowest BCUT2D eigenvalue weighted by atomic mass is 9.95. The lowest BCUT2D eigenvalue weighted by molar-refractivity contribution is 0.392. The first-order valence-corrected chi connectivity index (χ1v) is 35.0. The lowest BCUT2D eigenvalue weighted by Crippen LogP contribution is -2.23. The highest BCUT2D eigenvalue weighted by atomic mass is 79.9. The Bertz CT molecular complexity index is 4060. The number of pyridine rings is 4. The summed E-state index contributed by atoms with van der Waals surface area (Å²) >= 11 is 10.2. The maximum atomic E-state index is 6.18. The van der Waals surface area contributed by atoms with Crippen molar-refractivity contribution in [3.63, 3.8) is 0 Å². The third kappa shape index (κ3) is 23.0. The topological polar surface area (TPSA) is 289 Å². The van der Waals surface area contributed by atoms with Crippen LogP contribution in [0.2, 0.25) is 0 Å². The number of hydrogen-bond acceptors (Lipinski definition) is 22. The standard InChI is InChI=1S/C19H18N4O2.C18H24BrN5O.C18H23BrN4O.C17H23BrN4O/c1-13-21-12-17(19(20)23-13)25-16-10-18(24-2)22-11-15(16)9-8-14-6-4-3-5-7-14;1-11(2)13-9-21-16(19)8-14(13)25-15-10-22-18(20)24-17(15)23-12-6-4-3-5-7-12;1-10(2)14-8-21-17(19)7-15(14)24-16-9-20-12(4)23-18(16)22-11(3)13-5-6-13;1-10(2)7-21-17-15(9-19-12(5)22-17)23-14-6-16(18)20-8-13(14)11(3)4/h3-12H,1-2H3,(H2,20,21,23);8-12H,3-7H2,1-2H3,(H3,20,22,23,24);7-11,13H,5-6H2,1-4H3,(H,20,22,23);6,8-11H,7H2,1-5H3,(H,19,21,22)/b9-8+;;;/t;;11-;/m..1./s1. The van der Waals surface area contributed by atoms with Crippen LogP contribution in [0.5, 0.6) is 51.9 Å². The molecular weight excluding hydrogens is 1420 g/mol. The number of nitrogen functional groups attached to an aromatic ring is 2. The summed E-state index contributed by atoms with van der Waals surface area (Å²) in [6.07, 6.45) is 26.3. The van der Waals surface area contributed by atoms with Gasteiger partial charge in [-0.2, -0.15) is 4.98 Å². The van der Waals surface area contributed by atoms with E-state index in [0.717, 1.165) is 95.8 Å². The summed E-state index contributed by atoms with van der Waals surface area (Å²) in [5, 5.41) is 10.3. The molecule has 11 rings (SSSR count). The van der Waals surface area contributed by atoms with Crippen molar-refractivity contribution in [2.24, 2.45) is 11.8 Å². The number of methoxy groups -OCH3 is 1. The number of nitrogens with one attached hydrogen (secondary N) is 3. The molecule has 2 fully saturated rings. The lowest BCUT2D eigenvalue weighted by Gasteiger charge is -2.24. The molecule has 97 heavy (non-hydrogen) atoms. The van der Waals surface area contributed by atoms with Crippen LogP contribution in [0.4, 0.5) is 29.2 Å². The molecular formula is C72H88Br3N17O5. The van der Waals surface area contributed by atoms with Gasteiger partial charge >= 0.3 is 0 Å². The highest BCUT2D eigenvalue weighted by molar-refractivity contribution is 9.11. The smallest absolute Gasteiger partial charge is 0.222 e. The molecule has 0 bridgehead atoms.